The number of hydrogen-bond acceptors (Lipinski definition) is 3. The highest BCUT2D eigenvalue weighted by atomic mass is 16.2. The number of carbonyl (C=O) groups is 1. The number of aromatic nitrogens is 1. The van der Waals surface area contributed by atoms with Crippen LogP contribution in [0.15, 0.2) is 23.4 Å². The van der Waals surface area contributed by atoms with Crippen LogP contribution in [0, 0.1) is 11.3 Å². The maximum atomic E-state index is 10.7. The SMILES string of the molecule is N#CCC(=O)N/N=C/c1ccc[nH]1. The van der Waals surface area contributed by atoms with Gasteiger partial charge in [-0.2, -0.15) is 10.4 Å². The van der Waals surface area contributed by atoms with E-state index in [1.54, 1.807) is 18.3 Å². The molecule has 0 unspecified atom stereocenters. The molecule has 1 aromatic rings. The van der Waals surface area contributed by atoms with Crippen LogP contribution in [0.1, 0.15) is 12.1 Å². The number of nitrogens with zero attached hydrogens (tertiary/aromatic N) is 2. The normalized spacial score (nSPS) is 9.77. The highest BCUT2D eigenvalue weighted by Gasteiger charge is 1.94. The van der Waals surface area contributed by atoms with E-state index in [-0.39, 0.29) is 6.42 Å². The molecule has 0 aliphatic heterocycles. The molecule has 0 aliphatic carbocycles. The second-order valence-corrected chi connectivity index (χ2v) is 2.25. The van der Waals surface area contributed by atoms with E-state index in [1.807, 2.05) is 6.07 Å². The third kappa shape index (κ3) is 3.20. The van der Waals surface area contributed by atoms with Crippen LogP contribution >= 0.6 is 0 Å². The molecule has 0 atom stereocenters. The van der Waals surface area contributed by atoms with Crippen molar-refractivity contribution in [2.75, 3.05) is 0 Å². The summed E-state index contributed by atoms with van der Waals surface area (Å²) in [6.45, 7) is 0. The van der Waals surface area contributed by atoms with E-state index in [9.17, 15) is 4.79 Å². The molecule has 0 fully saturated rings. The van der Waals surface area contributed by atoms with Crippen molar-refractivity contribution in [3.05, 3.63) is 24.0 Å². The Morgan fingerprint density at radius 3 is 3.31 bits per heavy atom. The first-order valence-corrected chi connectivity index (χ1v) is 3.65. The molecule has 1 rings (SSSR count). The van der Waals surface area contributed by atoms with Crippen molar-refractivity contribution in [1.82, 2.24) is 10.4 Å². The Labute approximate surface area is 75.1 Å². The van der Waals surface area contributed by atoms with Gasteiger partial charge in [0, 0.05) is 6.20 Å². The lowest BCUT2D eigenvalue weighted by molar-refractivity contribution is -0.120. The molecular weight excluding hydrogens is 168 g/mol. The molecule has 66 valence electrons. The summed E-state index contributed by atoms with van der Waals surface area (Å²) in [7, 11) is 0. The fourth-order valence-electron chi connectivity index (χ4n) is 0.710. The predicted octanol–water partition coefficient (Wildman–Crippen LogP) is 0.378. The van der Waals surface area contributed by atoms with Crippen LogP contribution in [-0.2, 0) is 4.79 Å². The van der Waals surface area contributed by atoms with Crippen LogP contribution in [0.4, 0.5) is 0 Å². The second kappa shape index (κ2) is 4.72. The molecule has 5 nitrogen and oxygen atoms in total. The van der Waals surface area contributed by atoms with Crippen LogP contribution in [0.5, 0.6) is 0 Å². The molecule has 0 radical (unpaired) electrons. The summed E-state index contributed by atoms with van der Waals surface area (Å²) in [6, 6.07) is 5.34. The summed E-state index contributed by atoms with van der Waals surface area (Å²) in [5.74, 6) is -0.412. The molecule has 13 heavy (non-hydrogen) atoms. The quantitative estimate of drug-likeness (QED) is 0.515. The Morgan fingerprint density at radius 1 is 1.85 bits per heavy atom. The first-order valence-electron chi connectivity index (χ1n) is 3.65. The molecule has 1 heterocycles. The van der Waals surface area contributed by atoms with E-state index in [4.69, 9.17) is 5.26 Å². The van der Waals surface area contributed by atoms with Crippen LogP contribution in [0.3, 0.4) is 0 Å². The van der Waals surface area contributed by atoms with Crippen molar-refractivity contribution in [1.29, 1.82) is 5.26 Å². The average Bonchev–Trinajstić information content (AvgIpc) is 2.57. The Morgan fingerprint density at radius 2 is 2.69 bits per heavy atom. The van der Waals surface area contributed by atoms with Crippen LogP contribution < -0.4 is 5.43 Å². The topological polar surface area (TPSA) is 81.0 Å². The molecular formula is C8H8N4O. The third-order valence-corrected chi connectivity index (χ3v) is 1.25. The molecule has 0 aliphatic rings. The monoisotopic (exact) mass is 176 g/mol. The lowest BCUT2D eigenvalue weighted by atomic mass is 10.4. The zero-order chi connectivity index (χ0) is 9.52. The fourth-order valence-corrected chi connectivity index (χ4v) is 0.710. The van der Waals surface area contributed by atoms with Gasteiger partial charge < -0.3 is 4.98 Å². The van der Waals surface area contributed by atoms with Gasteiger partial charge >= 0.3 is 0 Å². The van der Waals surface area contributed by atoms with E-state index in [1.165, 1.54) is 6.21 Å². The van der Waals surface area contributed by atoms with E-state index in [0.717, 1.165) is 5.69 Å². The van der Waals surface area contributed by atoms with Gasteiger partial charge in [-0.05, 0) is 12.1 Å². The molecule has 2 N–H and O–H groups in total. The Hall–Kier alpha value is -2.09. The van der Waals surface area contributed by atoms with Crippen molar-refractivity contribution in [2.24, 2.45) is 5.10 Å². The largest absolute Gasteiger partial charge is 0.360 e. The van der Waals surface area contributed by atoms with Gasteiger partial charge in [0.1, 0.15) is 6.42 Å². The minimum absolute atomic E-state index is 0.179. The molecule has 0 spiro atoms. The maximum absolute atomic E-state index is 10.7. The van der Waals surface area contributed by atoms with Crippen LogP contribution in [0.2, 0.25) is 0 Å². The van der Waals surface area contributed by atoms with Crippen molar-refractivity contribution in [3.8, 4) is 6.07 Å². The van der Waals surface area contributed by atoms with Gasteiger partial charge in [-0.25, -0.2) is 5.43 Å². The highest BCUT2D eigenvalue weighted by Crippen LogP contribution is 1.88. The lowest BCUT2D eigenvalue weighted by Crippen LogP contribution is -2.16. The summed E-state index contributed by atoms with van der Waals surface area (Å²) >= 11 is 0. The van der Waals surface area contributed by atoms with Gasteiger partial charge in [-0.15, -0.1) is 0 Å². The standard InChI is InChI=1S/C8H8N4O/c9-4-3-8(13)12-11-6-7-2-1-5-10-7/h1-2,5-6,10H,3H2,(H,12,13)/b11-6+. The summed E-state index contributed by atoms with van der Waals surface area (Å²) in [5.41, 5.74) is 3.00. The van der Waals surface area contributed by atoms with Crippen molar-refractivity contribution in [3.63, 3.8) is 0 Å². The van der Waals surface area contributed by atoms with Gasteiger partial charge in [-0.1, -0.05) is 0 Å². The highest BCUT2D eigenvalue weighted by molar-refractivity contribution is 5.81. The molecule has 5 heteroatoms. The third-order valence-electron chi connectivity index (χ3n) is 1.25. The van der Waals surface area contributed by atoms with Crippen LogP contribution in [-0.4, -0.2) is 17.1 Å². The number of nitriles is 1. The fraction of sp³-hybridized carbons (Fsp3) is 0.125. The molecule has 0 saturated carbocycles. The molecule has 0 bridgehead atoms. The minimum atomic E-state index is -0.412. The molecule has 1 aromatic heterocycles. The van der Waals surface area contributed by atoms with Crippen molar-refractivity contribution >= 4 is 12.1 Å². The molecule has 1 amide bonds. The second-order valence-electron chi connectivity index (χ2n) is 2.25. The Bertz CT molecular complexity index is 334. The van der Waals surface area contributed by atoms with Gasteiger partial charge in [0.25, 0.3) is 5.91 Å². The first kappa shape index (κ1) is 9.00. The number of hydrogen-bond donors (Lipinski definition) is 2. The van der Waals surface area contributed by atoms with E-state index >= 15 is 0 Å². The number of nitrogens with one attached hydrogen (secondary N) is 2. The zero-order valence-corrected chi connectivity index (χ0v) is 6.82. The van der Waals surface area contributed by atoms with Gasteiger partial charge in [0.05, 0.1) is 18.0 Å². The Kier molecular flexibility index (Phi) is 3.27. The Balaban J connectivity index is 2.35. The number of amides is 1. The maximum Gasteiger partial charge on any atom is 0.254 e. The summed E-state index contributed by atoms with van der Waals surface area (Å²) in [6.07, 6.45) is 3.04. The van der Waals surface area contributed by atoms with Crippen molar-refractivity contribution < 1.29 is 4.79 Å². The number of aromatic amines is 1. The summed E-state index contributed by atoms with van der Waals surface area (Å²) in [4.78, 5) is 13.6. The van der Waals surface area contributed by atoms with Crippen molar-refractivity contribution in [2.45, 2.75) is 6.42 Å². The molecule has 0 saturated heterocycles. The number of carbonyl (C=O) groups excluding carboxylic acids is 1. The lowest BCUT2D eigenvalue weighted by Gasteiger charge is -1.91. The first-order chi connectivity index (χ1) is 6.33. The van der Waals surface area contributed by atoms with E-state index in [0.29, 0.717) is 0 Å². The average molecular weight is 176 g/mol. The van der Waals surface area contributed by atoms with Gasteiger partial charge in [0.15, 0.2) is 0 Å². The zero-order valence-electron chi connectivity index (χ0n) is 6.82. The van der Waals surface area contributed by atoms with E-state index in [2.05, 4.69) is 15.5 Å². The summed E-state index contributed by atoms with van der Waals surface area (Å²) < 4.78 is 0. The van der Waals surface area contributed by atoms with E-state index < -0.39 is 5.91 Å². The molecule has 0 aromatic carbocycles. The van der Waals surface area contributed by atoms with Gasteiger partial charge in [-0.3, -0.25) is 4.79 Å². The summed E-state index contributed by atoms with van der Waals surface area (Å²) in [5, 5.41) is 11.8. The number of H-pyrrole nitrogens is 1. The van der Waals surface area contributed by atoms with Crippen LogP contribution in [0.25, 0.3) is 0 Å². The predicted molar refractivity (Wildman–Crippen MR) is 46.8 cm³/mol. The number of rotatable bonds is 3. The van der Waals surface area contributed by atoms with Gasteiger partial charge in [0.2, 0.25) is 0 Å². The number of hydrazone groups is 1. The smallest absolute Gasteiger partial charge is 0.254 e. The minimum Gasteiger partial charge on any atom is -0.360 e.